The Labute approximate surface area is 132 Å². The van der Waals surface area contributed by atoms with E-state index in [1.54, 1.807) is 0 Å². The molecule has 4 heteroatoms. The number of anilines is 1. The summed E-state index contributed by atoms with van der Waals surface area (Å²) in [5.74, 6) is 0. The lowest BCUT2D eigenvalue weighted by atomic mass is 9.98. The third-order valence-corrected chi connectivity index (χ3v) is 5.14. The van der Waals surface area contributed by atoms with E-state index >= 15 is 0 Å². The molecule has 2 fully saturated rings. The van der Waals surface area contributed by atoms with Gasteiger partial charge in [-0.1, -0.05) is 37.2 Å². The second-order valence-electron chi connectivity index (χ2n) is 6.46. The minimum absolute atomic E-state index is 0.214. The lowest BCUT2D eigenvalue weighted by molar-refractivity contribution is -0.0324. The van der Waals surface area contributed by atoms with Gasteiger partial charge in [-0.2, -0.15) is 0 Å². The van der Waals surface area contributed by atoms with E-state index in [-0.39, 0.29) is 5.60 Å². The summed E-state index contributed by atoms with van der Waals surface area (Å²) in [4.78, 5) is 2.70. The fourth-order valence-corrected chi connectivity index (χ4v) is 3.85. The number of ether oxygens (including phenoxy) is 1. The predicted octanol–water partition coefficient (Wildman–Crippen LogP) is 3.25. The van der Waals surface area contributed by atoms with Crippen LogP contribution in [0.3, 0.4) is 0 Å². The Balaban J connectivity index is 1.63. The third kappa shape index (κ3) is 3.22. The van der Waals surface area contributed by atoms with Crippen molar-refractivity contribution in [3.8, 4) is 0 Å². The molecule has 0 aromatic heterocycles. The van der Waals surface area contributed by atoms with Crippen LogP contribution in [0.25, 0.3) is 0 Å². The van der Waals surface area contributed by atoms with E-state index in [0.29, 0.717) is 11.1 Å². The molecule has 1 spiro atoms. The van der Waals surface area contributed by atoms with Crippen LogP contribution in [0.5, 0.6) is 0 Å². The number of benzene rings is 1. The van der Waals surface area contributed by atoms with Crippen LogP contribution in [0.15, 0.2) is 24.3 Å². The van der Waals surface area contributed by atoms with Gasteiger partial charge in [0.15, 0.2) is 0 Å². The second kappa shape index (κ2) is 5.93. The average Bonchev–Trinajstić information content (AvgIpc) is 3.09. The summed E-state index contributed by atoms with van der Waals surface area (Å²) in [6.07, 6.45) is 7.94. The maximum absolute atomic E-state index is 6.39. The van der Waals surface area contributed by atoms with Crippen molar-refractivity contribution in [1.29, 1.82) is 0 Å². The van der Waals surface area contributed by atoms with Crippen molar-refractivity contribution in [1.82, 2.24) is 0 Å². The first kappa shape index (κ1) is 14.8. The Morgan fingerprint density at radius 1 is 1.38 bits per heavy atom. The number of nitrogens with two attached hydrogens (primary N) is 1. The maximum atomic E-state index is 6.39. The molecule has 2 N–H and O–H groups in total. The summed E-state index contributed by atoms with van der Waals surface area (Å²) in [6.45, 7) is 0.933. The molecule has 1 aromatic rings. The topological polar surface area (TPSA) is 38.5 Å². The monoisotopic (exact) mass is 304 g/mol. The van der Waals surface area contributed by atoms with Gasteiger partial charge in [-0.05, 0) is 37.8 Å². The fraction of sp³-hybridized carbons (Fsp3) is 0.588. The number of hydrogen-bond donors (Lipinski definition) is 1. The van der Waals surface area contributed by atoms with Crippen LogP contribution in [0.4, 0.5) is 5.69 Å². The molecule has 114 valence electrons. The quantitative estimate of drug-likeness (QED) is 0.867. The molecular formula is C17H24N2OS. The average molecular weight is 304 g/mol. The van der Waals surface area contributed by atoms with Gasteiger partial charge in [0.25, 0.3) is 0 Å². The van der Waals surface area contributed by atoms with Gasteiger partial charge in [-0.15, -0.1) is 0 Å². The minimum atomic E-state index is 0.214. The zero-order valence-electron chi connectivity index (χ0n) is 12.7. The first-order chi connectivity index (χ1) is 10.1. The standard InChI is InChI=1S/C17H24N2OS/c1-19(14-6-4-5-13(11-14)16(18)21)12-15-7-10-17(20-15)8-2-3-9-17/h4-6,11,15H,2-3,7-10,12H2,1H3,(H2,18,21). The van der Waals surface area contributed by atoms with Gasteiger partial charge in [0.2, 0.25) is 0 Å². The zero-order chi connectivity index (χ0) is 14.9. The normalized spacial score (nSPS) is 23.6. The Bertz CT molecular complexity index is 525. The molecule has 3 rings (SSSR count). The van der Waals surface area contributed by atoms with Gasteiger partial charge in [-0.25, -0.2) is 0 Å². The van der Waals surface area contributed by atoms with Crippen molar-refractivity contribution < 1.29 is 4.74 Å². The third-order valence-electron chi connectivity index (χ3n) is 4.90. The van der Waals surface area contributed by atoms with Crippen molar-refractivity contribution >= 4 is 22.9 Å². The lowest BCUT2D eigenvalue weighted by Gasteiger charge is -2.27. The number of rotatable bonds is 4. The van der Waals surface area contributed by atoms with E-state index in [9.17, 15) is 0 Å². The summed E-state index contributed by atoms with van der Waals surface area (Å²) < 4.78 is 6.39. The fourth-order valence-electron chi connectivity index (χ4n) is 3.72. The molecule has 1 aliphatic carbocycles. The van der Waals surface area contributed by atoms with E-state index in [1.165, 1.54) is 38.5 Å². The van der Waals surface area contributed by atoms with E-state index in [1.807, 2.05) is 12.1 Å². The highest BCUT2D eigenvalue weighted by Crippen LogP contribution is 2.43. The Hall–Kier alpha value is -1.13. The lowest BCUT2D eigenvalue weighted by Crippen LogP contribution is -2.32. The zero-order valence-corrected chi connectivity index (χ0v) is 13.5. The van der Waals surface area contributed by atoms with Gasteiger partial charge < -0.3 is 15.4 Å². The molecule has 0 amide bonds. The number of nitrogens with zero attached hydrogens (tertiary/aromatic N) is 1. The number of thiocarbonyl (C=S) groups is 1. The SMILES string of the molecule is CN(CC1CCC2(CCCC2)O1)c1cccc(C(N)=S)c1. The highest BCUT2D eigenvalue weighted by atomic mass is 32.1. The van der Waals surface area contributed by atoms with Gasteiger partial charge in [0, 0.05) is 24.8 Å². The van der Waals surface area contributed by atoms with E-state index in [4.69, 9.17) is 22.7 Å². The van der Waals surface area contributed by atoms with Crippen molar-refractivity contribution in [2.75, 3.05) is 18.5 Å². The first-order valence-corrected chi connectivity index (χ1v) is 8.28. The molecule has 1 aliphatic heterocycles. The largest absolute Gasteiger partial charge is 0.389 e. The molecule has 1 heterocycles. The van der Waals surface area contributed by atoms with Gasteiger partial charge in [0.05, 0.1) is 11.7 Å². The van der Waals surface area contributed by atoms with Crippen LogP contribution in [0, 0.1) is 0 Å². The molecule has 1 atom stereocenters. The van der Waals surface area contributed by atoms with Crippen molar-refractivity contribution in [2.45, 2.75) is 50.2 Å². The van der Waals surface area contributed by atoms with Crippen LogP contribution in [0.1, 0.15) is 44.1 Å². The van der Waals surface area contributed by atoms with Crippen LogP contribution in [-0.2, 0) is 4.74 Å². The molecule has 3 nitrogen and oxygen atoms in total. The molecular weight excluding hydrogens is 280 g/mol. The Kier molecular flexibility index (Phi) is 4.18. The first-order valence-electron chi connectivity index (χ1n) is 7.87. The molecule has 1 unspecified atom stereocenters. The maximum Gasteiger partial charge on any atom is 0.104 e. The smallest absolute Gasteiger partial charge is 0.104 e. The van der Waals surface area contributed by atoms with Crippen LogP contribution in [0.2, 0.25) is 0 Å². The van der Waals surface area contributed by atoms with E-state index < -0.39 is 0 Å². The Morgan fingerprint density at radius 3 is 2.86 bits per heavy atom. The van der Waals surface area contributed by atoms with Crippen molar-refractivity contribution in [3.63, 3.8) is 0 Å². The van der Waals surface area contributed by atoms with Crippen molar-refractivity contribution in [3.05, 3.63) is 29.8 Å². The summed E-state index contributed by atoms with van der Waals surface area (Å²) in [6, 6.07) is 8.12. The predicted molar refractivity (Wildman–Crippen MR) is 90.9 cm³/mol. The summed E-state index contributed by atoms with van der Waals surface area (Å²) >= 11 is 5.05. The van der Waals surface area contributed by atoms with Gasteiger partial charge in [0.1, 0.15) is 4.99 Å². The minimum Gasteiger partial charge on any atom is -0.389 e. The highest BCUT2D eigenvalue weighted by Gasteiger charge is 2.42. The van der Waals surface area contributed by atoms with Crippen LogP contribution >= 0.6 is 12.2 Å². The molecule has 0 bridgehead atoms. The Morgan fingerprint density at radius 2 is 2.14 bits per heavy atom. The van der Waals surface area contributed by atoms with Gasteiger partial charge in [-0.3, -0.25) is 0 Å². The van der Waals surface area contributed by atoms with E-state index in [2.05, 4.69) is 24.1 Å². The molecule has 1 saturated heterocycles. The molecule has 0 radical (unpaired) electrons. The summed E-state index contributed by atoms with van der Waals surface area (Å²) in [7, 11) is 2.11. The summed E-state index contributed by atoms with van der Waals surface area (Å²) in [5, 5.41) is 0. The number of likely N-dealkylation sites (N-methyl/N-ethyl adjacent to an activating group) is 1. The van der Waals surface area contributed by atoms with E-state index in [0.717, 1.165) is 17.8 Å². The van der Waals surface area contributed by atoms with Crippen LogP contribution in [-0.4, -0.2) is 30.3 Å². The molecule has 21 heavy (non-hydrogen) atoms. The second-order valence-corrected chi connectivity index (χ2v) is 6.90. The number of hydrogen-bond acceptors (Lipinski definition) is 3. The molecule has 1 aromatic carbocycles. The van der Waals surface area contributed by atoms with Gasteiger partial charge >= 0.3 is 0 Å². The van der Waals surface area contributed by atoms with Crippen LogP contribution < -0.4 is 10.6 Å². The molecule has 2 aliphatic rings. The highest BCUT2D eigenvalue weighted by molar-refractivity contribution is 7.80. The van der Waals surface area contributed by atoms with Crippen molar-refractivity contribution in [2.24, 2.45) is 5.73 Å². The summed E-state index contributed by atoms with van der Waals surface area (Å²) in [5.41, 5.74) is 8.00. The molecule has 1 saturated carbocycles.